The summed E-state index contributed by atoms with van der Waals surface area (Å²) in [6, 6.07) is 5.87. The fourth-order valence-corrected chi connectivity index (χ4v) is 1.68. The molecule has 18 heavy (non-hydrogen) atoms. The summed E-state index contributed by atoms with van der Waals surface area (Å²) < 4.78 is 5.48. The van der Waals surface area contributed by atoms with Crippen molar-refractivity contribution < 1.29 is 14.6 Å². The smallest absolute Gasteiger partial charge is 0.335 e. The van der Waals surface area contributed by atoms with Gasteiger partial charge in [-0.05, 0) is 24.6 Å². The fraction of sp³-hybridized carbons (Fsp3) is 0.231. The Morgan fingerprint density at radius 3 is 2.83 bits per heavy atom. The van der Waals surface area contributed by atoms with Crippen LogP contribution in [0.1, 0.15) is 23.7 Å². The molecule has 1 heterocycles. The number of aromatic carboxylic acids is 1. The van der Waals surface area contributed by atoms with Gasteiger partial charge in [-0.25, -0.2) is 4.79 Å². The van der Waals surface area contributed by atoms with Gasteiger partial charge in [0, 0.05) is 11.5 Å². The molecular formula is C13H13NO4. The van der Waals surface area contributed by atoms with Crippen molar-refractivity contribution in [2.45, 2.75) is 13.3 Å². The predicted molar refractivity (Wildman–Crippen MR) is 67.3 cm³/mol. The van der Waals surface area contributed by atoms with Gasteiger partial charge in [-0.2, -0.15) is 0 Å². The Kier molecular flexibility index (Phi) is 3.32. The number of rotatable bonds is 4. The average Bonchev–Trinajstić information content (AvgIpc) is 2.35. The van der Waals surface area contributed by atoms with Crippen LogP contribution in [0.4, 0.5) is 0 Å². The average molecular weight is 247 g/mol. The standard InChI is InChI=1S/C13H13NO4/c1-2-5-18-10-7-9(13(16)17)6-8-3-4-11(15)14-12(8)10/h3-4,6-7H,2,5H2,1H3,(H,14,15)(H,16,17). The maximum absolute atomic E-state index is 11.3. The van der Waals surface area contributed by atoms with Crippen LogP contribution in [0.3, 0.4) is 0 Å². The van der Waals surface area contributed by atoms with E-state index in [1.807, 2.05) is 6.92 Å². The zero-order chi connectivity index (χ0) is 13.1. The number of aromatic nitrogens is 1. The van der Waals surface area contributed by atoms with E-state index in [1.54, 1.807) is 6.07 Å². The minimum Gasteiger partial charge on any atom is -0.491 e. The third kappa shape index (κ3) is 2.34. The van der Waals surface area contributed by atoms with Crippen LogP contribution in [-0.2, 0) is 0 Å². The van der Waals surface area contributed by atoms with Gasteiger partial charge in [0.1, 0.15) is 5.75 Å². The van der Waals surface area contributed by atoms with Crippen LogP contribution in [0.2, 0.25) is 0 Å². The van der Waals surface area contributed by atoms with E-state index in [4.69, 9.17) is 9.84 Å². The van der Waals surface area contributed by atoms with Crippen LogP contribution in [0.25, 0.3) is 10.9 Å². The van der Waals surface area contributed by atoms with E-state index >= 15 is 0 Å². The van der Waals surface area contributed by atoms with Crippen LogP contribution in [-0.4, -0.2) is 22.7 Å². The molecule has 0 aliphatic heterocycles. The van der Waals surface area contributed by atoms with Crippen molar-refractivity contribution >= 4 is 16.9 Å². The maximum Gasteiger partial charge on any atom is 0.335 e. The van der Waals surface area contributed by atoms with Crippen LogP contribution in [0, 0.1) is 0 Å². The van der Waals surface area contributed by atoms with Crippen LogP contribution in [0.15, 0.2) is 29.1 Å². The normalized spacial score (nSPS) is 10.5. The van der Waals surface area contributed by atoms with E-state index in [9.17, 15) is 9.59 Å². The first kappa shape index (κ1) is 12.2. The second kappa shape index (κ2) is 4.91. The van der Waals surface area contributed by atoms with E-state index < -0.39 is 5.97 Å². The minimum absolute atomic E-state index is 0.139. The quantitative estimate of drug-likeness (QED) is 0.866. The van der Waals surface area contributed by atoms with Crippen molar-refractivity contribution in [1.29, 1.82) is 0 Å². The Labute approximate surface area is 103 Å². The highest BCUT2D eigenvalue weighted by Crippen LogP contribution is 2.25. The van der Waals surface area contributed by atoms with E-state index in [0.717, 1.165) is 6.42 Å². The minimum atomic E-state index is -1.02. The lowest BCUT2D eigenvalue weighted by Gasteiger charge is -2.09. The SMILES string of the molecule is CCCOc1cc(C(=O)O)cc2ccc(=O)[nH]c12. The van der Waals surface area contributed by atoms with E-state index in [0.29, 0.717) is 23.3 Å². The molecule has 94 valence electrons. The molecule has 0 fully saturated rings. The molecule has 0 radical (unpaired) electrons. The summed E-state index contributed by atoms with van der Waals surface area (Å²) >= 11 is 0. The van der Waals surface area contributed by atoms with Gasteiger partial charge < -0.3 is 14.8 Å². The first-order chi connectivity index (χ1) is 8.61. The Balaban J connectivity index is 2.65. The van der Waals surface area contributed by atoms with Crippen molar-refractivity contribution in [2.75, 3.05) is 6.61 Å². The molecule has 0 spiro atoms. The molecule has 2 aromatic rings. The number of H-pyrrole nitrogens is 1. The highest BCUT2D eigenvalue weighted by molar-refractivity contribution is 5.95. The number of aromatic amines is 1. The first-order valence-electron chi connectivity index (χ1n) is 5.65. The molecule has 5 nitrogen and oxygen atoms in total. The maximum atomic E-state index is 11.3. The summed E-state index contributed by atoms with van der Waals surface area (Å²) in [7, 11) is 0. The molecule has 2 rings (SSSR count). The first-order valence-corrected chi connectivity index (χ1v) is 5.65. The molecule has 0 bridgehead atoms. The Morgan fingerprint density at radius 2 is 2.17 bits per heavy atom. The van der Waals surface area contributed by atoms with E-state index in [2.05, 4.69) is 4.98 Å². The second-order valence-electron chi connectivity index (χ2n) is 3.91. The number of carboxylic acids is 1. The van der Waals surface area contributed by atoms with Gasteiger partial charge in [0.25, 0.3) is 0 Å². The number of carbonyl (C=O) groups is 1. The van der Waals surface area contributed by atoms with E-state index in [1.165, 1.54) is 18.2 Å². The molecule has 0 saturated heterocycles. The largest absolute Gasteiger partial charge is 0.491 e. The molecule has 0 saturated carbocycles. The van der Waals surface area contributed by atoms with Gasteiger partial charge in [-0.15, -0.1) is 0 Å². The van der Waals surface area contributed by atoms with Gasteiger partial charge in [0.05, 0.1) is 17.7 Å². The summed E-state index contributed by atoms with van der Waals surface area (Å²) in [5.41, 5.74) is 0.425. The fourth-order valence-electron chi connectivity index (χ4n) is 1.68. The molecule has 0 atom stereocenters. The Hall–Kier alpha value is -2.30. The third-order valence-electron chi connectivity index (χ3n) is 2.50. The molecular weight excluding hydrogens is 234 g/mol. The summed E-state index contributed by atoms with van der Waals surface area (Å²) in [5, 5.41) is 9.66. The van der Waals surface area contributed by atoms with Crippen molar-refractivity contribution in [2.24, 2.45) is 0 Å². The van der Waals surface area contributed by atoms with Gasteiger partial charge in [-0.3, -0.25) is 4.79 Å². The Morgan fingerprint density at radius 1 is 1.39 bits per heavy atom. The molecule has 1 aromatic carbocycles. The van der Waals surface area contributed by atoms with Crippen LogP contribution in [0.5, 0.6) is 5.75 Å². The number of hydrogen-bond donors (Lipinski definition) is 2. The summed E-state index contributed by atoms with van der Waals surface area (Å²) in [5.74, 6) is -0.631. The number of pyridine rings is 1. The number of hydrogen-bond acceptors (Lipinski definition) is 3. The topological polar surface area (TPSA) is 79.4 Å². The number of carboxylic acid groups (broad SMARTS) is 1. The zero-order valence-corrected chi connectivity index (χ0v) is 9.90. The third-order valence-corrected chi connectivity index (χ3v) is 2.50. The molecule has 1 aromatic heterocycles. The van der Waals surface area contributed by atoms with Gasteiger partial charge in [0.15, 0.2) is 0 Å². The number of benzene rings is 1. The van der Waals surface area contributed by atoms with Crippen molar-refractivity contribution in [3.05, 3.63) is 40.2 Å². The second-order valence-corrected chi connectivity index (χ2v) is 3.91. The van der Waals surface area contributed by atoms with Crippen LogP contribution >= 0.6 is 0 Å². The summed E-state index contributed by atoms with van der Waals surface area (Å²) in [4.78, 5) is 25.0. The predicted octanol–water partition coefficient (Wildman–Crippen LogP) is 2.02. The lowest BCUT2D eigenvalue weighted by atomic mass is 10.1. The van der Waals surface area contributed by atoms with Gasteiger partial charge in [-0.1, -0.05) is 6.92 Å². The van der Waals surface area contributed by atoms with Crippen molar-refractivity contribution in [3.63, 3.8) is 0 Å². The molecule has 0 amide bonds. The molecule has 0 aliphatic rings. The van der Waals surface area contributed by atoms with Gasteiger partial charge >= 0.3 is 5.97 Å². The summed E-state index contributed by atoms with van der Waals surface area (Å²) in [6.45, 7) is 2.42. The zero-order valence-electron chi connectivity index (χ0n) is 9.90. The number of fused-ring (bicyclic) bond motifs is 1. The molecule has 0 unspecified atom stereocenters. The molecule has 2 N–H and O–H groups in total. The molecule has 0 aliphatic carbocycles. The summed E-state index contributed by atoms with van der Waals surface area (Å²) in [6.07, 6.45) is 0.801. The molecule has 5 heteroatoms. The highest BCUT2D eigenvalue weighted by Gasteiger charge is 2.10. The highest BCUT2D eigenvalue weighted by atomic mass is 16.5. The van der Waals surface area contributed by atoms with Crippen LogP contribution < -0.4 is 10.3 Å². The number of ether oxygens (including phenoxy) is 1. The lowest BCUT2D eigenvalue weighted by molar-refractivity contribution is 0.0696. The Bertz CT molecular complexity index is 645. The van der Waals surface area contributed by atoms with Crippen molar-refractivity contribution in [3.8, 4) is 5.75 Å². The van der Waals surface area contributed by atoms with E-state index in [-0.39, 0.29) is 11.1 Å². The van der Waals surface area contributed by atoms with Gasteiger partial charge in [0.2, 0.25) is 5.56 Å². The number of nitrogens with one attached hydrogen (secondary N) is 1. The lowest BCUT2D eigenvalue weighted by Crippen LogP contribution is -2.06. The monoisotopic (exact) mass is 247 g/mol. The van der Waals surface area contributed by atoms with Crippen molar-refractivity contribution in [1.82, 2.24) is 4.98 Å².